The van der Waals surface area contributed by atoms with Crippen LogP contribution < -0.4 is 0 Å². The molecule has 0 aromatic heterocycles. The fourth-order valence-corrected chi connectivity index (χ4v) is 3.28. The second-order valence-corrected chi connectivity index (χ2v) is 6.06. The van der Waals surface area contributed by atoms with Crippen LogP contribution in [0.15, 0.2) is 54.6 Å². The predicted molar refractivity (Wildman–Crippen MR) is 94.0 cm³/mol. The summed E-state index contributed by atoms with van der Waals surface area (Å²) in [6.07, 6.45) is 0. The number of carbonyl (C=O) groups is 2. The molecule has 4 heteroatoms. The fraction of sp³-hybridized carbons (Fsp3) is 0.143. The third kappa shape index (κ3) is 2.76. The number of rotatable bonds is 3. The number of hydrogen-bond acceptors (Lipinski definition) is 4. The van der Waals surface area contributed by atoms with Crippen LogP contribution in [0.5, 0.6) is 0 Å². The minimum Gasteiger partial charge on any atom is -0.461 e. The standard InChI is InChI=1S/C21H16O4/c1-13(22)24-11-14-9-16-12-25-21(23)20(16)19(10-14)18-8-4-6-15-5-2-3-7-17(15)18/h2-10H,11-12H2,1H3. The molecule has 0 atom stereocenters. The normalized spacial score (nSPS) is 12.8. The van der Waals surface area contributed by atoms with Crippen molar-refractivity contribution in [2.45, 2.75) is 20.1 Å². The zero-order valence-corrected chi connectivity index (χ0v) is 13.7. The van der Waals surface area contributed by atoms with Gasteiger partial charge in [0.1, 0.15) is 13.2 Å². The lowest BCUT2D eigenvalue weighted by Gasteiger charge is -2.12. The lowest BCUT2D eigenvalue weighted by atomic mass is 9.91. The summed E-state index contributed by atoms with van der Waals surface area (Å²) >= 11 is 0. The molecule has 4 rings (SSSR count). The van der Waals surface area contributed by atoms with Gasteiger partial charge < -0.3 is 9.47 Å². The van der Waals surface area contributed by atoms with Crippen LogP contribution in [-0.4, -0.2) is 11.9 Å². The Morgan fingerprint density at radius 1 is 1.08 bits per heavy atom. The molecule has 124 valence electrons. The summed E-state index contributed by atoms with van der Waals surface area (Å²) in [7, 11) is 0. The highest BCUT2D eigenvalue weighted by Gasteiger charge is 2.27. The Morgan fingerprint density at radius 3 is 2.72 bits per heavy atom. The average Bonchev–Trinajstić information content (AvgIpc) is 3.00. The smallest absolute Gasteiger partial charge is 0.339 e. The molecule has 0 spiro atoms. The Hall–Kier alpha value is -3.14. The quantitative estimate of drug-likeness (QED) is 0.673. The molecule has 0 radical (unpaired) electrons. The first-order valence-corrected chi connectivity index (χ1v) is 8.08. The monoisotopic (exact) mass is 332 g/mol. The van der Waals surface area contributed by atoms with Gasteiger partial charge in [0.15, 0.2) is 0 Å². The number of esters is 2. The molecule has 0 aliphatic carbocycles. The molecule has 1 aliphatic heterocycles. The van der Waals surface area contributed by atoms with Crippen molar-refractivity contribution < 1.29 is 19.1 Å². The number of benzene rings is 3. The zero-order chi connectivity index (χ0) is 17.4. The van der Waals surface area contributed by atoms with Gasteiger partial charge in [-0.25, -0.2) is 4.79 Å². The molecule has 0 fully saturated rings. The van der Waals surface area contributed by atoms with Gasteiger partial charge >= 0.3 is 11.9 Å². The summed E-state index contributed by atoms with van der Waals surface area (Å²) in [5.41, 5.74) is 4.06. The lowest BCUT2D eigenvalue weighted by molar-refractivity contribution is -0.142. The minimum absolute atomic E-state index is 0.175. The van der Waals surface area contributed by atoms with Gasteiger partial charge in [-0.3, -0.25) is 4.79 Å². The Bertz CT molecular complexity index is 999. The number of cyclic esters (lactones) is 1. The molecule has 4 nitrogen and oxygen atoms in total. The number of fused-ring (bicyclic) bond motifs is 2. The highest BCUT2D eigenvalue weighted by Crippen LogP contribution is 2.36. The van der Waals surface area contributed by atoms with E-state index in [1.165, 1.54) is 6.92 Å². The van der Waals surface area contributed by atoms with Gasteiger partial charge in [0, 0.05) is 12.5 Å². The van der Waals surface area contributed by atoms with E-state index in [0.29, 0.717) is 5.56 Å². The van der Waals surface area contributed by atoms with Crippen molar-refractivity contribution in [1.82, 2.24) is 0 Å². The van der Waals surface area contributed by atoms with Crippen LogP contribution in [0.4, 0.5) is 0 Å². The van der Waals surface area contributed by atoms with E-state index in [1.807, 2.05) is 54.6 Å². The van der Waals surface area contributed by atoms with E-state index < -0.39 is 0 Å². The summed E-state index contributed by atoms with van der Waals surface area (Å²) in [4.78, 5) is 23.4. The highest BCUT2D eigenvalue weighted by molar-refractivity contribution is 6.06. The molecule has 0 N–H and O–H groups in total. The maximum absolute atomic E-state index is 12.3. The Labute approximate surface area is 145 Å². The third-order valence-corrected chi connectivity index (χ3v) is 4.36. The maximum Gasteiger partial charge on any atom is 0.339 e. The van der Waals surface area contributed by atoms with Gasteiger partial charge in [-0.2, -0.15) is 0 Å². The van der Waals surface area contributed by atoms with E-state index in [2.05, 4.69) is 0 Å². The van der Waals surface area contributed by atoms with Gasteiger partial charge in [0.05, 0.1) is 5.56 Å². The van der Waals surface area contributed by atoms with Crippen LogP contribution in [-0.2, 0) is 27.5 Å². The number of hydrogen-bond donors (Lipinski definition) is 0. The number of carbonyl (C=O) groups excluding carboxylic acids is 2. The van der Waals surface area contributed by atoms with Crippen LogP contribution in [0.25, 0.3) is 21.9 Å². The van der Waals surface area contributed by atoms with Crippen molar-refractivity contribution in [2.24, 2.45) is 0 Å². The van der Waals surface area contributed by atoms with Crippen LogP contribution in [0.1, 0.15) is 28.4 Å². The predicted octanol–water partition coefficient (Wildman–Crippen LogP) is 4.24. The minimum atomic E-state index is -0.334. The van der Waals surface area contributed by atoms with Gasteiger partial charge in [0.25, 0.3) is 0 Å². The maximum atomic E-state index is 12.3. The molecule has 0 amide bonds. The molecule has 25 heavy (non-hydrogen) atoms. The second-order valence-electron chi connectivity index (χ2n) is 6.06. The van der Waals surface area contributed by atoms with Gasteiger partial charge in [-0.1, -0.05) is 42.5 Å². The van der Waals surface area contributed by atoms with Crippen LogP contribution in [0.2, 0.25) is 0 Å². The van der Waals surface area contributed by atoms with E-state index in [-0.39, 0.29) is 25.2 Å². The Morgan fingerprint density at radius 2 is 1.88 bits per heavy atom. The topological polar surface area (TPSA) is 52.6 Å². The van der Waals surface area contributed by atoms with Crippen LogP contribution in [0, 0.1) is 0 Å². The lowest BCUT2D eigenvalue weighted by Crippen LogP contribution is -2.02. The molecular formula is C21H16O4. The molecule has 1 heterocycles. The summed E-state index contributed by atoms with van der Waals surface area (Å²) in [6.45, 7) is 1.81. The van der Waals surface area contributed by atoms with E-state index in [0.717, 1.165) is 33.0 Å². The molecule has 3 aromatic rings. The van der Waals surface area contributed by atoms with E-state index in [9.17, 15) is 9.59 Å². The van der Waals surface area contributed by atoms with Crippen molar-refractivity contribution in [3.8, 4) is 11.1 Å². The largest absolute Gasteiger partial charge is 0.461 e. The first kappa shape index (κ1) is 15.4. The van der Waals surface area contributed by atoms with Crippen LogP contribution >= 0.6 is 0 Å². The molecule has 1 aliphatic rings. The van der Waals surface area contributed by atoms with E-state index >= 15 is 0 Å². The van der Waals surface area contributed by atoms with E-state index in [1.54, 1.807) is 0 Å². The second kappa shape index (κ2) is 6.06. The zero-order valence-electron chi connectivity index (χ0n) is 13.7. The first-order valence-electron chi connectivity index (χ1n) is 8.08. The number of ether oxygens (including phenoxy) is 2. The van der Waals surface area contributed by atoms with Gasteiger partial charge in [0.2, 0.25) is 0 Å². The van der Waals surface area contributed by atoms with Crippen molar-refractivity contribution in [2.75, 3.05) is 0 Å². The molecular weight excluding hydrogens is 316 g/mol. The van der Waals surface area contributed by atoms with Gasteiger partial charge in [-0.15, -0.1) is 0 Å². The summed E-state index contributed by atoms with van der Waals surface area (Å²) in [6, 6.07) is 17.8. The molecule has 0 saturated heterocycles. The third-order valence-electron chi connectivity index (χ3n) is 4.36. The SMILES string of the molecule is CC(=O)OCc1cc2c(c(-c3cccc4ccccc34)c1)C(=O)OC2. The van der Waals surface area contributed by atoms with Crippen molar-refractivity contribution >= 4 is 22.7 Å². The van der Waals surface area contributed by atoms with Crippen molar-refractivity contribution in [3.05, 3.63) is 71.3 Å². The Kier molecular flexibility index (Phi) is 3.73. The molecule has 0 unspecified atom stereocenters. The summed E-state index contributed by atoms with van der Waals surface area (Å²) in [5.74, 6) is -0.642. The average molecular weight is 332 g/mol. The Balaban J connectivity index is 1.93. The summed E-state index contributed by atoms with van der Waals surface area (Å²) < 4.78 is 10.4. The van der Waals surface area contributed by atoms with Gasteiger partial charge in [-0.05, 0) is 39.6 Å². The van der Waals surface area contributed by atoms with Crippen molar-refractivity contribution in [1.29, 1.82) is 0 Å². The fourth-order valence-electron chi connectivity index (χ4n) is 3.28. The van der Waals surface area contributed by atoms with Crippen LogP contribution in [0.3, 0.4) is 0 Å². The molecule has 0 bridgehead atoms. The highest BCUT2D eigenvalue weighted by atomic mass is 16.5. The van der Waals surface area contributed by atoms with E-state index in [4.69, 9.17) is 9.47 Å². The molecule has 3 aromatic carbocycles. The van der Waals surface area contributed by atoms with Crippen molar-refractivity contribution in [3.63, 3.8) is 0 Å². The molecule has 0 saturated carbocycles. The first-order chi connectivity index (χ1) is 12.1. The summed E-state index contributed by atoms with van der Waals surface area (Å²) in [5, 5.41) is 2.17.